The molecule has 1 aromatic carbocycles. The second kappa shape index (κ2) is 18.4. The molecule has 0 aliphatic heterocycles. The number of aliphatic carboxylic acids is 1. The molecule has 0 amide bonds. The second-order valence-corrected chi connectivity index (χ2v) is 8.21. The zero-order valence-corrected chi connectivity index (χ0v) is 20.5. The van der Waals surface area contributed by atoms with Gasteiger partial charge in [-0.05, 0) is 37.5 Å². The molecule has 32 heavy (non-hydrogen) atoms. The predicted molar refractivity (Wildman–Crippen MR) is 132 cm³/mol. The third kappa shape index (κ3) is 12.0. The van der Waals surface area contributed by atoms with Gasteiger partial charge in [-0.2, -0.15) is 0 Å². The fourth-order valence-electron chi connectivity index (χ4n) is 3.37. The molecule has 1 aromatic rings. The fourth-order valence-corrected chi connectivity index (χ4v) is 3.37. The van der Waals surface area contributed by atoms with Crippen LogP contribution in [0.3, 0.4) is 0 Å². The number of unbranched alkanes of at least 4 members (excludes halogenated alkanes) is 9. The van der Waals surface area contributed by atoms with Crippen molar-refractivity contribution in [3.63, 3.8) is 0 Å². The molecular weight excluding hydrogens is 404 g/mol. The first kappa shape index (κ1) is 27.9. The second-order valence-electron chi connectivity index (χ2n) is 8.21. The lowest BCUT2D eigenvalue weighted by Crippen LogP contribution is -2.07. The molecule has 5 heteroatoms. The van der Waals surface area contributed by atoms with E-state index in [0.29, 0.717) is 42.6 Å². The Kier molecular flexibility index (Phi) is 16.0. The van der Waals surface area contributed by atoms with E-state index in [1.807, 2.05) is 12.1 Å². The summed E-state index contributed by atoms with van der Waals surface area (Å²) in [6, 6.07) is 3.72. The molecule has 0 aromatic heterocycles. The van der Waals surface area contributed by atoms with E-state index in [-0.39, 0.29) is 0 Å². The first-order valence-electron chi connectivity index (χ1n) is 12.6. The van der Waals surface area contributed by atoms with Crippen LogP contribution in [0.25, 0.3) is 6.08 Å². The van der Waals surface area contributed by atoms with E-state index in [4.69, 9.17) is 19.3 Å². The van der Waals surface area contributed by atoms with Crippen LogP contribution in [0.1, 0.15) is 103 Å². The van der Waals surface area contributed by atoms with Crippen molar-refractivity contribution in [1.82, 2.24) is 0 Å². The van der Waals surface area contributed by atoms with Gasteiger partial charge in [0, 0.05) is 11.6 Å². The van der Waals surface area contributed by atoms with Crippen molar-refractivity contribution < 1.29 is 24.1 Å². The van der Waals surface area contributed by atoms with Gasteiger partial charge in [0.25, 0.3) is 0 Å². The number of rotatable bonds is 20. The summed E-state index contributed by atoms with van der Waals surface area (Å²) in [5.74, 6) is 0.866. The molecule has 0 spiro atoms. The number of carboxylic acid groups (broad SMARTS) is 1. The molecule has 1 N–H and O–H groups in total. The Morgan fingerprint density at radius 1 is 0.719 bits per heavy atom. The summed E-state index contributed by atoms with van der Waals surface area (Å²) in [7, 11) is 0. The van der Waals surface area contributed by atoms with Crippen molar-refractivity contribution in [2.75, 3.05) is 19.8 Å². The van der Waals surface area contributed by atoms with Crippen LogP contribution in [0.15, 0.2) is 18.2 Å². The zero-order valence-electron chi connectivity index (χ0n) is 20.5. The summed E-state index contributed by atoms with van der Waals surface area (Å²) in [6.07, 6.45) is 16.1. The molecule has 0 aliphatic rings. The summed E-state index contributed by atoms with van der Waals surface area (Å²) in [5.41, 5.74) is 0.699. The monoisotopic (exact) mass is 448 g/mol. The summed E-state index contributed by atoms with van der Waals surface area (Å²) < 4.78 is 18.4. The van der Waals surface area contributed by atoms with Crippen molar-refractivity contribution in [2.24, 2.45) is 0 Å². The highest BCUT2D eigenvalue weighted by Crippen LogP contribution is 2.41. The molecule has 0 heterocycles. The number of carbonyl (C=O) groups is 1. The van der Waals surface area contributed by atoms with Crippen LogP contribution in [-0.2, 0) is 4.79 Å². The van der Waals surface area contributed by atoms with E-state index in [2.05, 4.69) is 20.8 Å². The van der Waals surface area contributed by atoms with Gasteiger partial charge in [0.05, 0.1) is 19.8 Å². The predicted octanol–water partition coefficient (Wildman–Crippen LogP) is 7.66. The van der Waals surface area contributed by atoms with Crippen molar-refractivity contribution in [2.45, 2.75) is 97.8 Å². The lowest BCUT2D eigenvalue weighted by atomic mass is 10.1. The highest BCUT2D eigenvalue weighted by molar-refractivity contribution is 5.86. The smallest absolute Gasteiger partial charge is 0.328 e. The van der Waals surface area contributed by atoms with Gasteiger partial charge in [0.2, 0.25) is 5.75 Å². The molecule has 1 rings (SSSR count). The average molecular weight is 449 g/mol. The van der Waals surface area contributed by atoms with Gasteiger partial charge in [-0.3, -0.25) is 0 Å². The molecule has 182 valence electrons. The van der Waals surface area contributed by atoms with Crippen LogP contribution in [0, 0.1) is 0 Å². The van der Waals surface area contributed by atoms with Crippen molar-refractivity contribution in [3.05, 3.63) is 23.8 Å². The molecule has 0 fully saturated rings. The normalized spacial score (nSPS) is 11.1. The Morgan fingerprint density at radius 2 is 1.22 bits per heavy atom. The summed E-state index contributed by atoms with van der Waals surface area (Å²) >= 11 is 0. The molecule has 0 radical (unpaired) electrons. The first-order chi connectivity index (χ1) is 15.6. The Morgan fingerprint density at radius 3 is 1.72 bits per heavy atom. The number of carboxylic acids is 1. The topological polar surface area (TPSA) is 65.0 Å². The quantitative estimate of drug-likeness (QED) is 0.164. The van der Waals surface area contributed by atoms with E-state index >= 15 is 0 Å². The van der Waals surface area contributed by atoms with E-state index in [0.717, 1.165) is 44.6 Å². The minimum Gasteiger partial charge on any atom is -0.490 e. The number of hydrogen-bond donors (Lipinski definition) is 1. The van der Waals surface area contributed by atoms with Crippen LogP contribution < -0.4 is 14.2 Å². The highest BCUT2D eigenvalue weighted by Gasteiger charge is 2.17. The number of benzene rings is 1. The maximum absolute atomic E-state index is 11.1. The van der Waals surface area contributed by atoms with Crippen molar-refractivity contribution in [1.29, 1.82) is 0 Å². The maximum Gasteiger partial charge on any atom is 0.328 e. The molecule has 0 bridgehead atoms. The van der Waals surface area contributed by atoms with Gasteiger partial charge >= 0.3 is 5.97 Å². The maximum atomic E-state index is 11.1. The summed E-state index contributed by atoms with van der Waals surface area (Å²) in [4.78, 5) is 11.1. The van der Waals surface area contributed by atoms with Crippen molar-refractivity contribution in [3.8, 4) is 17.2 Å². The Balaban J connectivity index is 3.04. The Hall–Kier alpha value is -2.17. The van der Waals surface area contributed by atoms with Crippen LogP contribution in [0.2, 0.25) is 0 Å². The standard InChI is InChI=1S/C27H44O5/c1-4-7-10-13-20-30-24-18-16-23(17-19-25(28)29)26(31-21-14-11-8-5-2)27(24)32-22-15-12-9-6-3/h16-19H,4-15,20-22H2,1-3H3,(H,28,29). The van der Waals surface area contributed by atoms with Crippen LogP contribution >= 0.6 is 0 Å². The lowest BCUT2D eigenvalue weighted by molar-refractivity contribution is -0.131. The van der Waals surface area contributed by atoms with Gasteiger partial charge in [0.1, 0.15) is 0 Å². The molecule has 0 saturated carbocycles. The third-order valence-electron chi connectivity index (χ3n) is 5.26. The van der Waals surface area contributed by atoms with Crippen LogP contribution in [0.4, 0.5) is 0 Å². The van der Waals surface area contributed by atoms with E-state index in [1.54, 1.807) is 6.08 Å². The summed E-state index contributed by atoms with van der Waals surface area (Å²) in [5, 5.41) is 9.09. The first-order valence-corrected chi connectivity index (χ1v) is 12.6. The summed E-state index contributed by atoms with van der Waals surface area (Å²) in [6.45, 7) is 8.35. The molecule has 0 aliphatic carbocycles. The van der Waals surface area contributed by atoms with Gasteiger partial charge in [-0.1, -0.05) is 78.6 Å². The molecular formula is C27H44O5. The van der Waals surface area contributed by atoms with Gasteiger partial charge < -0.3 is 19.3 Å². The SMILES string of the molecule is CCCCCCOc1ccc(C=CC(=O)O)c(OCCCCCC)c1OCCCCCC. The largest absolute Gasteiger partial charge is 0.490 e. The third-order valence-corrected chi connectivity index (χ3v) is 5.26. The molecule has 0 saturated heterocycles. The van der Waals surface area contributed by atoms with E-state index in [1.165, 1.54) is 38.5 Å². The van der Waals surface area contributed by atoms with Gasteiger partial charge in [-0.25, -0.2) is 4.79 Å². The minimum absolute atomic E-state index is 0.570. The average Bonchev–Trinajstić information content (AvgIpc) is 2.78. The highest BCUT2D eigenvalue weighted by atomic mass is 16.5. The number of hydrogen-bond acceptors (Lipinski definition) is 4. The lowest BCUT2D eigenvalue weighted by Gasteiger charge is -2.19. The van der Waals surface area contributed by atoms with E-state index in [9.17, 15) is 4.79 Å². The zero-order chi connectivity index (χ0) is 23.4. The number of ether oxygens (including phenoxy) is 3. The van der Waals surface area contributed by atoms with Gasteiger partial charge in [-0.15, -0.1) is 0 Å². The minimum atomic E-state index is -0.989. The molecule has 0 atom stereocenters. The molecule has 0 unspecified atom stereocenters. The Bertz CT molecular complexity index is 654. The van der Waals surface area contributed by atoms with Gasteiger partial charge in [0.15, 0.2) is 11.5 Å². The van der Waals surface area contributed by atoms with Crippen LogP contribution in [-0.4, -0.2) is 30.9 Å². The van der Waals surface area contributed by atoms with E-state index < -0.39 is 5.97 Å². The van der Waals surface area contributed by atoms with Crippen molar-refractivity contribution >= 4 is 12.0 Å². The molecule has 5 nitrogen and oxygen atoms in total. The Labute approximate surface area is 195 Å². The van der Waals surface area contributed by atoms with Crippen LogP contribution in [0.5, 0.6) is 17.2 Å². The fraction of sp³-hybridized carbons (Fsp3) is 0.667.